The Morgan fingerprint density at radius 3 is 2.75 bits per heavy atom. The number of nitrogens with one attached hydrogen (secondary N) is 2. The lowest BCUT2D eigenvalue weighted by molar-refractivity contribution is -0.134. The summed E-state index contributed by atoms with van der Waals surface area (Å²) >= 11 is 0. The summed E-state index contributed by atoms with van der Waals surface area (Å²) in [6.45, 7) is 3.17. The molecule has 2 fully saturated rings. The van der Waals surface area contributed by atoms with Gasteiger partial charge in [-0.3, -0.25) is 9.59 Å². The Morgan fingerprint density at radius 1 is 1.29 bits per heavy atom. The molecule has 0 radical (unpaired) electrons. The molecule has 1 aromatic carbocycles. The SMILES string of the molecule is Cl.O=C(NCc1ccc(N2CCCCC2=O)cc1)C1CNCCO1. The normalized spacial score (nSPS) is 21.1. The van der Waals surface area contributed by atoms with Gasteiger partial charge in [-0.25, -0.2) is 0 Å². The second-order valence-electron chi connectivity index (χ2n) is 5.95. The van der Waals surface area contributed by atoms with Crippen molar-refractivity contribution in [2.45, 2.75) is 31.9 Å². The molecule has 0 aliphatic carbocycles. The fourth-order valence-electron chi connectivity index (χ4n) is 2.91. The third kappa shape index (κ3) is 4.69. The molecule has 0 bridgehead atoms. The fourth-order valence-corrected chi connectivity index (χ4v) is 2.91. The number of morpholine rings is 1. The molecule has 3 rings (SSSR count). The second-order valence-corrected chi connectivity index (χ2v) is 5.95. The predicted molar refractivity (Wildman–Crippen MR) is 94.4 cm³/mol. The van der Waals surface area contributed by atoms with E-state index in [9.17, 15) is 9.59 Å². The van der Waals surface area contributed by atoms with Crippen LogP contribution in [-0.2, 0) is 20.9 Å². The van der Waals surface area contributed by atoms with Crippen molar-refractivity contribution in [1.29, 1.82) is 0 Å². The van der Waals surface area contributed by atoms with Gasteiger partial charge < -0.3 is 20.3 Å². The van der Waals surface area contributed by atoms with E-state index in [0.717, 1.165) is 37.2 Å². The van der Waals surface area contributed by atoms with Crippen molar-refractivity contribution in [3.05, 3.63) is 29.8 Å². The van der Waals surface area contributed by atoms with Crippen LogP contribution in [0.15, 0.2) is 24.3 Å². The van der Waals surface area contributed by atoms with Gasteiger partial charge in [0.15, 0.2) is 0 Å². The minimum Gasteiger partial charge on any atom is -0.366 e. The third-order valence-electron chi connectivity index (χ3n) is 4.26. The number of anilines is 1. The molecule has 2 heterocycles. The van der Waals surface area contributed by atoms with Crippen LogP contribution >= 0.6 is 12.4 Å². The summed E-state index contributed by atoms with van der Waals surface area (Å²) in [7, 11) is 0. The maximum Gasteiger partial charge on any atom is 0.250 e. The largest absolute Gasteiger partial charge is 0.366 e. The highest BCUT2D eigenvalue weighted by atomic mass is 35.5. The molecule has 2 saturated heterocycles. The summed E-state index contributed by atoms with van der Waals surface area (Å²) in [6, 6.07) is 7.81. The van der Waals surface area contributed by atoms with Gasteiger partial charge in [-0.05, 0) is 30.5 Å². The molecule has 2 aliphatic heterocycles. The first kappa shape index (κ1) is 18.7. The molecule has 24 heavy (non-hydrogen) atoms. The maximum atomic E-state index is 12.0. The van der Waals surface area contributed by atoms with Gasteiger partial charge in [0, 0.05) is 38.3 Å². The lowest BCUT2D eigenvalue weighted by Crippen LogP contribution is -2.47. The first-order valence-corrected chi connectivity index (χ1v) is 8.23. The Morgan fingerprint density at radius 2 is 2.08 bits per heavy atom. The van der Waals surface area contributed by atoms with Crippen molar-refractivity contribution in [2.24, 2.45) is 0 Å². The van der Waals surface area contributed by atoms with E-state index in [1.54, 1.807) is 0 Å². The van der Waals surface area contributed by atoms with E-state index in [1.807, 2.05) is 29.2 Å². The molecule has 2 amide bonds. The summed E-state index contributed by atoms with van der Waals surface area (Å²) in [4.78, 5) is 25.8. The Kier molecular flexibility index (Phi) is 7.02. The van der Waals surface area contributed by atoms with Crippen LogP contribution in [-0.4, -0.2) is 44.2 Å². The molecule has 1 atom stereocenters. The molecule has 0 spiro atoms. The van der Waals surface area contributed by atoms with Gasteiger partial charge in [0.05, 0.1) is 6.61 Å². The number of hydrogen-bond donors (Lipinski definition) is 2. The molecule has 6 nitrogen and oxygen atoms in total. The van der Waals surface area contributed by atoms with Crippen LogP contribution in [0.25, 0.3) is 0 Å². The molecule has 7 heteroatoms. The Hall–Kier alpha value is -1.63. The van der Waals surface area contributed by atoms with Gasteiger partial charge in [-0.1, -0.05) is 12.1 Å². The standard InChI is InChI=1S/C17H23N3O3.ClH/c21-16-3-1-2-9-20(16)14-6-4-13(5-7-14)11-19-17(22)15-12-18-8-10-23-15;/h4-7,15,18H,1-3,8-12H2,(H,19,22);1H. The summed E-state index contributed by atoms with van der Waals surface area (Å²) in [5.41, 5.74) is 1.94. The number of carbonyl (C=O) groups is 2. The van der Waals surface area contributed by atoms with E-state index in [0.29, 0.717) is 26.1 Å². The van der Waals surface area contributed by atoms with Crippen molar-refractivity contribution >= 4 is 29.9 Å². The van der Waals surface area contributed by atoms with Crippen LogP contribution < -0.4 is 15.5 Å². The first-order valence-electron chi connectivity index (χ1n) is 8.23. The maximum absolute atomic E-state index is 12.0. The fraction of sp³-hybridized carbons (Fsp3) is 0.529. The van der Waals surface area contributed by atoms with Gasteiger partial charge in [-0.15, -0.1) is 12.4 Å². The van der Waals surface area contributed by atoms with Crippen molar-refractivity contribution < 1.29 is 14.3 Å². The zero-order valence-corrected chi connectivity index (χ0v) is 14.4. The summed E-state index contributed by atoms with van der Waals surface area (Å²) in [5, 5.41) is 6.03. The number of carbonyl (C=O) groups excluding carboxylic acids is 2. The Balaban J connectivity index is 0.00000208. The molecule has 1 aromatic rings. The van der Waals surface area contributed by atoms with Crippen molar-refractivity contribution in [3.8, 4) is 0 Å². The number of hydrogen-bond acceptors (Lipinski definition) is 4. The number of nitrogens with zero attached hydrogens (tertiary/aromatic N) is 1. The molecule has 1 unspecified atom stereocenters. The lowest BCUT2D eigenvalue weighted by atomic mass is 10.1. The number of benzene rings is 1. The lowest BCUT2D eigenvalue weighted by Gasteiger charge is -2.27. The van der Waals surface area contributed by atoms with E-state index in [2.05, 4.69) is 10.6 Å². The van der Waals surface area contributed by atoms with Crippen LogP contribution in [0.5, 0.6) is 0 Å². The van der Waals surface area contributed by atoms with Crippen molar-refractivity contribution in [2.75, 3.05) is 31.1 Å². The van der Waals surface area contributed by atoms with Crippen molar-refractivity contribution in [3.63, 3.8) is 0 Å². The minimum atomic E-state index is -0.408. The molecular weight excluding hydrogens is 330 g/mol. The van der Waals surface area contributed by atoms with Crippen molar-refractivity contribution in [1.82, 2.24) is 10.6 Å². The summed E-state index contributed by atoms with van der Waals surface area (Å²) < 4.78 is 5.42. The van der Waals surface area contributed by atoms with Crippen LogP contribution in [0.2, 0.25) is 0 Å². The van der Waals surface area contributed by atoms with Crippen LogP contribution in [0.4, 0.5) is 5.69 Å². The van der Waals surface area contributed by atoms with Crippen LogP contribution in [0.3, 0.4) is 0 Å². The molecule has 2 aliphatic rings. The van der Waals surface area contributed by atoms with E-state index in [-0.39, 0.29) is 24.2 Å². The summed E-state index contributed by atoms with van der Waals surface area (Å²) in [6.07, 6.45) is 2.26. The Labute approximate surface area is 148 Å². The highest BCUT2D eigenvalue weighted by molar-refractivity contribution is 5.93. The molecular formula is C17H24ClN3O3. The van der Waals surface area contributed by atoms with E-state index in [4.69, 9.17) is 4.74 Å². The van der Waals surface area contributed by atoms with Gasteiger partial charge in [-0.2, -0.15) is 0 Å². The highest BCUT2D eigenvalue weighted by Crippen LogP contribution is 2.21. The highest BCUT2D eigenvalue weighted by Gasteiger charge is 2.21. The molecule has 132 valence electrons. The van der Waals surface area contributed by atoms with Gasteiger partial charge in [0.2, 0.25) is 5.91 Å². The Bertz CT molecular complexity index is 559. The quantitative estimate of drug-likeness (QED) is 0.854. The number of ether oxygens (including phenoxy) is 1. The van der Waals surface area contributed by atoms with Gasteiger partial charge in [0.25, 0.3) is 5.91 Å². The minimum absolute atomic E-state index is 0. The van der Waals surface area contributed by atoms with E-state index < -0.39 is 6.10 Å². The number of piperidine rings is 1. The number of halogens is 1. The average molecular weight is 354 g/mol. The summed E-state index contributed by atoms with van der Waals surface area (Å²) in [5.74, 6) is 0.103. The average Bonchev–Trinajstić information content (AvgIpc) is 2.61. The monoisotopic (exact) mass is 353 g/mol. The molecule has 0 aromatic heterocycles. The van der Waals surface area contributed by atoms with E-state index in [1.165, 1.54) is 0 Å². The molecule has 0 saturated carbocycles. The number of rotatable bonds is 4. The van der Waals surface area contributed by atoms with E-state index >= 15 is 0 Å². The first-order chi connectivity index (χ1) is 11.2. The van der Waals surface area contributed by atoms with Crippen LogP contribution in [0.1, 0.15) is 24.8 Å². The zero-order chi connectivity index (χ0) is 16.1. The van der Waals surface area contributed by atoms with Crippen LogP contribution in [0, 0.1) is 0 Å². The number of amides is 2. The zero-order valence-electron chi connectivity index (χ0n) is 13.6. The predicted octanol–water partition coefficient (Wildman–Crippen LogP) is 1.23. The third-order valence-corrected chi connectivity index (χ3v) is 4.26. The topological polar surface area (TPSA) is 70.7 Å². The van der Waals surface area contributed by atoms with Gasteiger partial charge >= 0.3 is 0 Å². The van der Waals surface area contributed by atoms with Gasteiger partial charge in [0.1, 0.15) is 6.10 Å². The smallest absolute Gasteiger partial charge is 0.250 e. The molecule has 2 N–H and O–H groups in total. The second kappa shape index (κ2) is 9.01.